The van der Waals surface area contributed by atoms with E-state index in [1.165, 1.54) is 6.07 Å². The third-order valence-electron chi connectivity index (χ3n) is 2.51. The Morgan fingerprint density at radius 3 is 2.59 bits per heavy atom. The van der Waals surface area contributed by atoms with Crippen molar-refractivity contribution < 1.29 is 4.39 Å². The first-order valence-electron chi connectivity index (χ1n) is 5.24. The van der Waals surface area contributed by atoms with Crippen LogP contribution in [0.1, 0.15) is 16.7 Å². The first-order chi connectivity index (χ1) is 8.04. The van der Waals surface area contributed by atoms with Gasteiger partial charge in [0.15, 0.2) is 0 Å². The zero-order chi connectivity index (χ0) is 12.4. The smallest absolute Gasteiger partial charge is 0.128 e. The minimum absolute atomic E-state index is 0.255. The van der Waals surface area contributed by atoms with Crippen molar-refractivity contribution >= 4 is 27.5 Å². The summed E-state index contributed by atoms with van der Waals surface area (Å²) in [6, 6.07) is 10.9. The Morgan fingerprint density at radius 1 is 1.18 bits per heavy atom. The number of halogens is 3. The molecule has 0 aromatic heterocycles. The normalized spacial score (nSPS) is 10.6. The molecule has 0 nitrogen and oxygen atoms in total. The van der Waals surface area contributed by atoms with E-state index in [0.29, 0.717) is 17.0 Å². The molecule has 0 aliphatic rings. The molecule has 2 aromatic carbocycles. The third kappa shape index (κ3) is 3.30. The fraction of sp³-hybridized carbons (Fsp3) is 0.143. The predicted molar refractivity (Wildman–Crippen MR) is 73.1 cm³/mol. The van der Waals surface area contributed by atoms with E-state index in [9.17, 15) is 4.39 Å². The standard InChI is InChI=1S/C14H11BrClF/c1-9-4-10(7-12(15)5-9)6-11-2-3-13(16)8-14(11)17/h2-5,7-8H,6H2,1H3. The van der Waals surface area contributed by atoms with Gasteiger partial charge in [-0.05, 0) is 47.9 Å². The topological polar surface area (TPSA) is 0 Å². The number of aryl methyl sites for hydroxylation is 1. The van der Waals surface area contributed by atoms with E-state index in [-0.39, 0.29) is 5.82 Å². The van der Waals surface area contributed by atoms with Crippen LogP contribution in [0.25, 0.3) is 0 Å². The zero-order valence-corrected chi connectivity index (χ0v) is 11.6. The lowest BCUT2D eigenvalue weighted by Gasteiger charge is -2.06. The van der Waals surface area contributed by atoms with E-state index in [2.05, 4.69) is 22.0 Å². The number of hydrogen-bond donors (Lipinski definition) is 0. The van der Waals surface area contributed by atoms with E-state index in [0.717, 1.165) is 15.6 Å². The summed E-state index contributed by atoms with van der Waals surface area (Å²) in [5.41, 5.74) is 2.90. The summed E-state index contributed by atoms with van der Waals surface area (Å²) in [5, 5.41) is 0.427. The fourth-order valence-electron chi connectivity index (χ4n) is 1.80. The van der Waals surface area contributed by atoms with Gasteiger partial charge in [0.2, 0.25) is 0 Å². The second-order valence-corrected chi connectivity index (χ2v) is 5.40. The lowest BCUT2D eigenvalue weighted by atomic mass is 10.0. The molecule has 2 aromatic rings. The van der Waals surface area contributed by atoms with Crippen LogP contribution in [0.15, 0.2) is 40.9 Å². The molecule has 0 spiro atoms. The van der Waals surface area contributed by atoms with Gasteiger partial charge >= 0.3 is 0 Å². The molecule has 0 fully saturated rings. The molecular weight excluding hydrogens is 303 g/mol. The molecule has 0 aliphatic heterocycles. The van der Waals surface area contributed by atoms with Crippen LogP contribution in [0.3, 0.4) is 0 Å². The maximum Gasteiger partial charge on any atom is 0.128 e. The minimum atomic E-state index is -0.255. The Bertz CT molecular complexity index is 532. The average Bonchev–Trinajstić information content (AvgIpc) is 2.21. The van der Waals surface area contributed by atoms with Gasteiger partial charge < -0.3 is 0 Å². The quantitative estimate of drug-likeness (QED) is 0.720. The molecule has 0 bridgehead atoms. The molecule has 3 heteroatoms. The van der Waals surface area contributed by atoms with Crippen molar-refractivity contribution in [1.82, 2.24) is 0 Å². The summed E-state index contributed by atoms with van der Waals surface area (Å²) in [7, 11) is 0. The van der Waals surface area contributed by atoms with Gasteiger partial charge in [0, 0.05) is 15.9 Å². The van der Waals surface area contributed by atoms with Gasteiger partial charge in [0.25, 0.3) is 0 Å². The lowest BCUT2D eigenvalue weighted by molar-refractivity contribution is 0.614. The number of hydrogen-bond acceptors (Lipinski definition) is 0. The van der Waals surface area contributed by atoms with Gasteiger partial charge in [-0.15, -0.1) is 0 Å². The molecule has 0 saturated heterocycles. The van der Waals surface area contributed by atoms with Crippen LogP contribution in [-0.4, -0.2) is 0 Å². The molecule has 0 N–H and O–H groups in total. The Morgan fingerprint density at radius 2 is 1.94 bits per heavy atom. The van der Waals surface area contributed by atoms with Crippen molar-refractivity contribution in [1.29, 1.82) is 0 Å². The first kappa shape index (κ1) is 12.6. The number of benzene rings is 2. The fourth-order valence-corrected chi connectivity index (χ4v) is 2.61. The predicted octanol–water partition coefficient (Wildman–Crippen LogP) is 5.14. The molecule has 0 unspecified atom stereocenters. The van der Waals surface area contributed by atoms with Crippen LogP contribution in [0.4, 0.5) is 4.39 Å². The monoisotopic (exact) mass is 312 g/mol. The van der Waals surface area contributed by atoms with Crippen molar-refractivity contribution in [2.75, 3.05) is 0 Å². The van der Waals surface area contributed by atoms with Crippen molar-refractivity contribution in [2.24, 2.45) is 0 Å². The maximum atomic E-state index is 13.6. The minimum Gasteiger partial charge on any atom is -0.207 e. The van der Waals surface area contributed by atoms with Crippen molar-refractivity contribution in [3.63, 3.8) is 0 Å². The summed E-state index contributed by atoms with van der Waals surface area (Å²) >= 11 is 9.16. The summed E-state index contributed by atoms with van der Waals surface area (Å²) in [4.78, 5) is 0. The molecular formula is C14H11BrClF. The van der Waals surface area contributed by atoms with Crippen LogP contribution >= 0.6 is 27.5 Å². The van der Waals surface area contributed by atoms with Crippen molar-refractivity contribution in [2.45, 2.75) is 13.3 Å². The van der Waals surface area contributed by atoms with Gasteiger partial charge in [-0.2, -0.15) is 0 Å². The highest BCUT2D eigenvalue weighted by Crippen LogP contribution is 2.21. The highest BCUT2D eigenvalue weighted by atomic mass is 79.9. The van der Waals surface area contributed by atoms with Gasteiger partial charge in [-0.25, -0.2) is 4.39 Å². The first-order valence-corrected chi connectivity index (χ1v) is 6.42. The second-order valence-electron chi connectivity index (χ2n) is 4.05. The Kier molecular flexibility index (Phi) is 3.85. The molecule has 2 rings (SSSR count). The number of rotatable bonds is 2. The van der Waals surface area contributed by atoms with E-state index in [1.54, 1.807) is 12.1 Å². The molecule has 17 heavy (non-hydrogen) atoms. The summed E-state index contributed by atoms with van der Waals surface area (Å²) in [6.07, 6.45) is 0.573. The summed E-state index contributed by atoms with van der Waals surface area (Å²) in [5.74, 6) is -0.255. The molecule has 0 amide bonds. The van der Waals surface area contributed by atoms with Crippen LogP contribution in [0, 0.1) is 12.7 Å². The van der Waals surface area contributed by atoms with Crippen LogP contribution < -0.4 is 0 Å². The third-order valence-corrected chi connectivity index (χ3v) is 3.20. The summed E-state index contributed by atoms with van der Waals surface area (Å²) in [6.45, 7) is 2.02. The molecule has 0 atom stereocenters. The summed E-state index contributed by atoms with van der Waals surface area (Å²) < 4.78 is 14.7. The Hall–Kier alpha value is -0.860. The Labute approximate surface area is 114 Å². The van der Waals surface area contributed by atoms with E-state index in [4.69, 9.17) is 11.6 Å². The van der Waals surface area contributed by atoms with Crippen LogP contribution in [0.2, 0.25) is 5.02 Å². The van der Waals surface area contributed by atoms with Crippen LogP contribution in [0.5, 0.6) is 0 Å². The van der Waals surface area contributed by atoms with E-state index >= 15 is 0 Å². The van der Waals surface area contributed by atoms with Crippen molar-refractivity contribution in [3.8, 4) is 0 Å². The van der Waals surface area contributed by atoms with Gasteiger partial charge in [0.1, 0.15) is 5.82 Å². The second kappa shape index (κ2) is 5.19. The van der Waals surface area contributed by atoms with E-state index in [1.807, 2.05) is 19.1 Å². The molecule has 0 radical (unpaired) electrons. The largest absolute Gasteiger partial charge is 0.207 e. The van der Waals surface area contributed by atoms with Crippen LogP contribution in [-0.2, 0) is 6.42 Å². The van der Waals surface area contributed by atoms with Gasteiger partial charge in [-0.3, -0.25) is 0 Å². The lowest BCUT2D eigenvalue weighted by Crippen LogP contribution is -1.93. The molecule has 0 aliphatic carbocycles. The average molecular weight is 314 g/mol. The van der Waals surface area contributed by atoms with E-state index < -0.39 is 0 Å². The highest BCUT2D eigenvalue weighted by molar-refractivity contribution is 9.10. The molecule has 0 saturated carbocycles. The highest BCUT2D eigenvalue weighted by Gasteiger charge is 2.05. The SMILES string of the molecule is Cc1cc(Br)cc(Cc2ccc(Cl)cc2F)c1. The van der Waals surface area contributed by atoms with Gasteiger partial charge in [0.05, 0.1) is 0 Å². The van der Waals surface area contributed by atoms with Gasteiger partial charge in [-0.1, -0.05) is 39.7 Å². The maximum absolute atomic E-state index is 13.6. The Balaban J connectivity index is 2.31. The molecule has 88 valence electrons. The molecule has 0 heterocycles. The zero-order valence-electron chi connectivity index (χ0n) is 9.31. The van der Waals surface area contributed by atoms with Crippen molar-refractivity contribution in [3.05, 3.63) is 68.4 Å².